The highest BCUT2D eigenvalue weighted by Crippen LogP contribution is 2.38. The van der Waals surface area contributed by atoms with Gasteiger partial charge in [-0.15, -0.1) is 0 Å². The summed E-state index contributed by atoms with van der Waals surface area (Å²) in [4.78, 5) is 9.87. The number of hydrogen-bond acceptors (Lipinski definition) is 3. The Bertz CT molecular complexity index is 292. The third kappa shape index (κ3) is 2.08. The average Bonchev–Trinajstić information content (AvgIpc) is 2.88. The Balaban J connectivity index is 1.85. The predicted octanol–water partition coefficient (Wildman–Crippen LogP) is 1.00. The number of nitrogens with one attached hydrogen (secondary N) is 1. The third-order valence-corrected chi connectivity index (χ3v) is 2.20. The number of aromatic nitrogens is 2. The van der Waals surface area contributed by atoms with Gasteiger partial charge in [-0.05, 0) is 18.9 Å². The lowest BCUT2D eigenvalue weighted by Crippen LogP contribution is -1.96. The summed E-state index contributed by atoms with van der Waals surface area (Å²) < 4.78 is 4.59. The Morgan fingerprint density at radius 1 is 1.69 bits per heavy atom. The highest BCUT2D eigenvalue weighted by molar-refractivity contribution is 5.36. The van der Waals surface area contributed by atoms with Crippen molar-refractivity contribution in [3.63, 3.8) is 0 Å². The van der Waals surface area contributed by atoms with E-state index in [0.29, 0.717) is 19.0 Å². The van der Waals surface area contributed by atoms with Gasteiger partial charge in [-0.3, -0.25) is 9.89 Å². The van der Waals surface area contributed by atoms with E-state index >= 15 is 0 Å². The van der Waals surface area contributed by atoms with Gasteiger partial charge in [0.1, 0.15) is 0 Å². The van der Waals surface area contributed by atoms with E-state index in [1.165, 1.54) is 12.8 Å². The molecule has 0 saturated heterocycles. The van der Waals surface area contributed by atoms with Crippen molar-refractivity contribution in [3.05, 3.63) is 17.5 Å². The summed E-state index contributed by atoms with van der Waals surface area (Å²) in [5.41, 5.74) is 2.20. The fourth-order valence-corrected chi connectivity index (χ4v) is 1.31. The molecule has 1 fully saturated rings. The maximum Gasteiger partial charge on any atom is 0.293 e. The molecule has 0 bridgehead atoms. The maximum absolute atomic E-state index is 9.87. The number of H-pyrrole nitrogens is 1. The van der Waals surface area contributed by atoms with Gasteiger partial charge in [0.05, 0.1) is 12.3 Å². The van der Waals surface area contributed by atoms with Gasteiger partial charge in [-0.25, -0.2) is 0 Å². The van der Waals surface area contributed by atoms with Crippen LogP contribution >= 0.6 is 0 Å². The Kier molecular flexibility index (Phi) is 2.29. The van der Waals surface area contributed by atoms with Crippen molar-refractivity contribution in [3.8, 4) is 0 Å². The lowest BCUT2D eigenvalue weighted by atomic mass is 10.2. The van der Waals surface area contributed by atoms with Gasteiger partial charge in [-0.2, -0.15) is 5.10 Å². The molecule has 1 heterocycles. The van der Waals surface area contributed by atoms with Gasteiger partial charge in [0, 0.05) is 18.0 Å². The van der Waals surface area contributed by atoms with Crippen molar-refractivity contribution in [2.24, 2.45) is 0 Å². The fourth-order valence-electron chi connectivity index (χ4n) is 1.31. The Labute approximate surface area is 76.3 Å². The van der Waals surface area contributed by atoms with Crippen LogP contribution in [0, 0.1) is 0 Å². The van der Waals surface area contributed by atoms with E-state index in [1.54, 1.807) is 0 Å². The molecule has 1 aromatic heterocycles. The molecule has 4 nitrogen and oxygen atoms in total. The first-order valence-corrected chi connectivity index (χ1v) is 4.49. The minimum atomic E-state index is 0.426. The number of hydrogen-bond donors (Lipinski definition) is 1. The molecule has 0 atom stereocenters. The number of ether oxygens (including phenoxy) is 1. The second-order valence-electron chi connectivity index (χ2n) is 3.31. The number of carbonyl (C=O) groups is 1. The molecule has 4 heteroatoms. The maximum atomic E-state index is 9.87. The molecule has 70 valence electrons. The number of aromatic amines is 1. The van der Waals surface area contributed by atoms with Crippen LogP contribution in [0.2, 0.25) is 0 Å². The van der Waals surface area contributed by atoms with E-state index in [-0.39, 0.29) is 0 Å². The van der Waals surface area contributed by atoms with E-state index in [9.17, 15) is 4.79 Å². The molecule has 1 saturated carbocycles. The first-order valence-electron chi connectivity index (χ1n) is 4.49. The summed E-state index contributed by atoms with van der Waals surface area (Å²) in [6, 6.07) is 2.06. The molecule has 0 radical (unpaired) electrons. The van der Waals surface area contributed by atoms with Gasteiger partial charge in [-0.1, -0.05) is 0 Å². The zero-order valence-corrected chi connectivity index (χ0v) is 7.32. The van der Waals surface area contributed by atoms with Crippen LogP contribution in [0.3, 0.4) is 0 Å². The van der Waals surface area contributed by atoms with E-state index in [2.05, 4.69) is 21.0 Å². The standard InChI is InChI=1S/C9H12N2O2/c12-6-13-4-3-8-5-9(11-10-8)7-1-2-7/h5-7H,1-4H2,(H,10,11). The van der Waals surface area contributed by atoms with Crippen LogP contribution in [0.15, 0.2) is 6.07 Å². The van der Waals surface area contributed by atoms with Crippen molar-refractivity contribution in [1.29, 1.82) is 0 Å². The quantitative estimate of drug-likeness (QED) is 0.543. The Morgan fingerprint density at radius 2 is 2.54 bits per heavy atom. The molecule has 0 amide bonds. The van der Waals surface area contributed by atoms with E-state index in [1.807, 2.05) is 0 Å². The number of rotatable bonds is 5. The summed E-state index contributed by atoms with van der Waals surface area (Å²) in [6.07, 6.45) is 3.24. The first-order chi connectivity index (χ1) is 6.40. The van der Waals surface area contributed by atoms with Gasteiger partial charge in [0.2, 0.25) is 0 Å². The SMILES string of the molecule is O=COCCc1cc(C2CC2)n[nH]1. The van der Waals surface area contributed by atoms with Crippen molar-refractivity contribution < 1.29 is 9.53 Å². The lowest BCUT2D eigenvalue weighted by molar-refractivity contribution is -0.128. The summed E-state index contributed by atoms with van der Waals surface area (Å²) in [5, 5.41) is 7.13. The molecule has 0 spiro atoms. The molecule has 0 aromatic carbocycles. The zero-order chi connectivity index (χ0) is 9.10. The average molecular weight is 180 g/mol. The van der Waals surface area contributed by atoms with Crippen LogP contribution in [0.4, 0.5) is 0 Å². The smallest absolute Gasteiger partial charge is 0.293 e. The van der Waals surface area contributed by atoms with Crippen LogP contribution in [-0.4, -0.2) is 23.3 Å². The van der Waals surface area contributed by atoms with Gasteiger partial charge in [0.15, 0.2) is 0 Å². The lowest BCUT2D eigenvalue weighted by Gasteiger charge is -1.93. The summed E-state index contributed by atoms with van der Waals surface area (Å²) in [7, 11) is 0. The summed E-state index contributed by atoms with van der Waals surface area (Å²) in [5.74, 6) is 0.678. The Morgan fingerprint density at radius 3 is 3.23 bits per heavy atom. The molecule has 1 N–H and O–H groups in total. The number of carbonyl (C=O) groups excluding carboxylic acids is 1. The monoisotopic (exact) mass is 180 g/mol. The van der Waals surface area contributed by atoms with Crippen LogP contribution in [0.25, 0.3) is 0 Å². The van der Waals surface area contributed by atoms with Gasteiger partial charge >= 0.3 is 0 Å². The normalized spacial score (nSPS) is 15.7. The minimum absolute atomic E-state index is 0.426. The summed E-state index contributed by atoms with van der Waals surface area (Å²) in [6.45, 7) is 0.897. The molecule has 1 aliphatic rings. The predicted molar refractivity (Wildman–Crippen MR) is 46.3 cm³/mol. The second kappa shape index (κ2) is 3.60. The largest absolute Gasteiger partial charge is 0.467 e. The molecule has 0 unspecified atom stereocenters. The first kappa shape index (κ1) is 8.29. The second-order valence-corrected chi connectivity index (χ2v) is 3.31. The molecule has 0 aliphatic heterocycles. The summed E-state index contributed by atoms with van der Waals surface area (Å²) >= 11 is 0. The van der Waals surface area contributed by atoms with Crippen LogP contribution < -0.4 is 0 Å². The van der Waals surface area contributed by atoms with Crippen molar-refractivity contribution >= 4 is 6.47 Å². The van der Waals surface area contributed by atoms with E-state index < -0.39 is 0 Å². The van der Waals surface area contributed by atoms with Gasteiger partial charge in [0.25, 0.3) is 6.47 Å². The molecule has 13 heavy (non-hydrogen) atoms. The van der Waals surface area contributed by atoms with Crippen LogP contribution in [0.5, 0.6) is 0 Å². The molecular weight excluding hydrogens is 168 g/mol. The Hall–Kier alpha value is -1.32. The van der Waals surface area contributed by atoms with Gasteiger partial charge < -0.3 is 4.74 Å². The fraction of sp³-hybridized carbons (Fsp3) is 0.556. The highest BCUT2D eigenvalue weighted by Gasteiger charge is 2.25. The van der Waals surface area contributed by atoms with Crippen molar-refractivity contribution in [2.45, 2.75) is 25.2 Å². The van der Waals surface area contributed by atoms with Crippen LogP contribution in [0.1, 0.15) is 30.1 Å². The van der Waals surface area contributed by atoms with E-state index in [4.69, 9.17) is 0 Å². The van der Waals surface area contributed by atoms with Crippen molar-refractivity contribution in [2.75, 3.05) is 6.61 Å². The van der Waals surface area contributed by atoms with Crippen LogP contribution in [-0.2, 0) is 16.0 Å². The molecule has 1 aliphatic carbocycles. The number of nitrogens with zero attached hydrogens (tertiary/aromatic N) is 1. The van der Waals surface area contributed by atoms with Crippen molar-refractivity contribution in [1.82, 2.24) is 10.2 Å². The molecule has 2 rings (SSSR count). The minimum Gasteiger partial charge on any atom is -0.467 e. The topological polar surface area (TPSA) is 55.0 Å². The van der Waals surface area contributed by atoms with E-state index in [0.717, 1.165) is 17.8 Å². The zero-order valence-electron chi connectivity index (χ0n) is 7.32. The molecular formula is C9H12N2O2. The highest BCUT2D eigenvalue weighted by atomic mass is 16.5. The molecule has 1 aromatic rings. The third-order valence-electron chi connectivity index (χ3n) is 2.20.